The number of hydrogen-bond acceptors (Lipinski definition) is 2. The number of rotatable bonds is 4. The number of fused-ring (bicyclic) bond motifs is 1. The third-order valence-corrected chi connectivity index (χ3v) is 3.90. The number of nitrogens with zero attached hydrogens (tertiary/aromatic N) is 1. The summed E-state index contributed by atoms with van der Waals surface area (Å²) in [6.45, 7) is 5.19. The third kappa shape index (κ3) is 2.77. The van der Waals surface area contributed by atoms with Gasteiger partial charge in [-0.1, -0.05) is 6.07 Å². The van der Waals surface area contributed by atoms with Crippen molar-refractivity contribution < 1.29 is 13.2 Å². The molecule has 0 spiro atoms. The molecule has 0 saturated carbocycles. The van der Waals surface area contributed by atoms with E-state index in [1.807, 2.05) is 13.8 Å². The highest BCUT2D eigenvalue weighted by Crippen LogP contribution is 2.46. The second-order valence-electron chi connectivity index (χ2n) is 5.61. The van der Waals surface area contributed by atoms with Gasteiger partial charge < -0.3 is 10.6 Å². The lowest BCUT2D eigenvalue weighted by Gasteiger charge is -2.24. The van der Waals surface area contributed by atoms with Crippen LogP contribution in [0.3, 0.4) is 0 Å². The molecule has 1 unspecified atom stereocenters. The van der Waals surface area contributed by atoms with Crippen LogP contribution in [0.1, 0.15) is 43.7 Å². The standard InChI is InChI=1S/C15H21F3N2/c1-10(2)20-9-11(5-4-8-19)14-12(15(16,17)18)6-3-7-13(14)20/h3,6-7,10-11H,4-5,8-9,19H2,1-2H3. The Kier molecular flexibility index (Phi) is 4.28. The molecular weight excluding hydrogens is 265 g/mol. The zero-order chi connectivity index (χ0) is 14.9. The largest absolute Gasteiger partial charge is 0.416 e. The molecule has 0 saturated heterocycles. The molecule has 1 atom stereocenters. The van der Waals surface area contributed by atoms with Gasteiger partial charge in [0.05, 0.1) is 5.56 Å². The van der Waals surface area contributed by atoms with Gasteiger partial charge in [0, 0.05) is 24.2 Å². The summed E-state index contributed by atoms with van der Waals surface area (Å²) >= 11 is 0. The molecule has 2 N–H and O–H groups in total. The van der Waals surface area contributed by atoms with Gasteiger partial charge in [-0.05, 0) is 50.9 Å². The molecule has 0 fully saturated rings. The first-order chi connectivity index (χ1) is 9.36. The first-order valence-corrected chi connectivity index (χ1v) is 7.03. The zero-order valence-electron chi connectivity index (χ0n) is 11.9. The van der Waals surface area contributed by atoms with Crippen molar-refractivity contribution in [3.05, 3.63) is 29.3 Å². The molecule has 1 aromatic carbocycles. The molecule has 0 amide bonds. The maximum atomic E-state index is 13.2. The molecule has 20 heavy (non-hydrogen) atoms. The normalized spacial score (nSPS) is 18.8. The number of anilines is 1. The highest BCUT2D eigenvalue weighted by atomic mass is 19.4. The van der Waals surface area contributed by atoms with Crippen LogP contribution in [0.4, 0.5) is 18.9 Å². The molecule has 112 valence electrons. The van der Waals surface area contributed by atoms with E-state index in [-0.39, 0.29) is 12.0 Å². The van der Waals surface area contributed by atoms with E-state index in [1.165, 1.54) is 12.1 Å². The molecular formula is C15H21F3N2. The summed E-state index contributed by atoms with van der Waals surface area (Å²) in [7, 11) is 0. The zero-order valence-corrected chi connectivity index (χ0v) is 11.9. The number of alkyl halides is 3. The minimum Gasteiger partial charge on any atom is -0.368 e. The summed E-state index contributed by atoms with van der Waals surface area (Å²) in [5.41, 5.74) is 6.22. The SMILES string of the molecule is CC(C)N1CC(CCCN)c2c1cccc2C(F)(F)F. The lowest BCUT2D eigenvalue weighted by Crippen LogP contribution is -2.29. The lowest BCUT2D eigenvalue weighted by molar-refractivity contribution is -0.138. The molecule has 0 bridgehead atoms. The van der Waals surface area contributed by atoms with Gasteiger partial charge in [-0.25, -0.2) is 0 Å². The van der Waals surface area contributed by atoms with Crippen LogP contribution >= 0.6 is 0 Å². The minimum absolute atomic E-state index is 0.0752. The Balaban J connectivity index is 2.46. The molecule has 1 heterocycles. The average Bonchev–Trinajstić information content (AvgIpc) is 2.74. The quantitative estimate of drug-likeness (QED) is 0.913. The predicted molar refractivity (Wildman–Crippen MR) is 75.0 cm³/mol. The van der Waals surface area contributed by atoms with Crippen molar-refractivity contribution in [2.45, 2.75) is 44.8 Å². The fraction of sp³-hybridized carbons (Fsp3) is 0.600. The van der Waals surface area contributed by atoms with E-state index in [4.69, 9.17) is 5.73 Å². The number of benzene rings is 1. The number of halogens is 3. The van der Waals surface area contributed by atoms with Crippen LogP contribution in [-0.2, 0) is 6.18 Å². The summed E-state index contributed by atoms with van der Waals surface area (Å²) < 4.78 is 39.7. The van der Waals surface area contributed by atoms with Crippen LogP contribution in [0.15, 0.2) is 18.2 Å². The summed E-state index contributed by atoms with van der Waals surface area (Å²) in [6.07, 6.45) is -2.83. The summed E-state index contributed by atoms with van der Waals surface area (Å²) in [4.78, 5) is 2.06. The summed E-state index contributed by atoms with van der Waals surface area (Å²) in [5, 5.41) is 0. The molecule has 1 aromatic rings. The van der Waals surface area contributed by atoms with Crippen LogP contribution < -0.4 is 10.6 Å². The Morgan fingerprint density at radius 1 is 1.35 bits per heavy atom. The highest BCUT2D eigenvalue weighted by molar-refractivity contribution is 5.64. The fourth-order valence-corrected chi connectivity index (χ4v) is 3.00. The summed E-state index contributed by atoms with van der Waals surface area (Å²) in [5.74, 6) is -0.0752. The van der Waals surface area contributed by atoms with Gasteiger partial charge in [-0.15, -0.1) is 0 Å². The Bertz CT molecular complexity index is 469. The van der Waals surface area contributed by atoms with Crippen LogP contribution in [0.25, 0.3) is 0 Å². The third-order valence-electron chi connectivity index (χ3n) is 3.90. The molecule has 2 nitrogen and oxygen atoms in total. The predicted octanol–water partition coefficient (Wildman–Crippen LogP) is 3.76. The number of hydrogen-bond donors (Lipinski definition) is 1. The van der Waals surface area contributed by atoms with Crippen molar-refractivity contribution >= 4 is 5.69 Å². The van der Waals surface area contributed by atoms with E-state index in [9.17, 15) is 13.2 Å². The van der Waals surface area contributed by atoms with Gasteiger partial charge in [0.2, 0.25) is 0 Å². The monoisotopic (exact) mass is 286 g/mol. The molecule has 0 aliphatic carbocycles. The average molecular weight is 286 g/mol. The minimum atomic E-state index is -4.29. The Morgan fingerprint density at radius 2 is 2.05 bits per heavy atom. The van der Waals surface area contributed by atoms with Crippen molar-refractivity contribution in [3.8, 4) is 0 Å². The van der Waals surface area contributed by atoms with Crippen LogP contribution in [-0.4, -0.2) is 19.1 Å². The van der Waals surface area contributed by atoms with Crippen molar-refractivity contribution in [2.24, 2.45) is 5.73 Å². The van der Waals surface area contributed by atoms with Crippen LogP contribution in [0.5, 0.6) is 0 Å². The van der Waals surface area contributed by atoms with E-state index in [0.29, 0.717) is 25.1 Å². The van der Waals surface area contributed by atoms with Crippen molar-refractivity contribution in [1.29, 1.82) is 0 Å². The van der Waals surface area contributed by atoms with Gasteiger partial charge in [0.15, 0.2) is 0 Å². The van der Waals surface area contributed by atoms with Crippen molar-refractivity contribution in [3.63, 3.8) is 0 Å². The Labute approximate surface area is 117 Å². The van der Waals surface area contributed by atoms with E-state index < -0.39 is 11.7 Å². The van der Waals surface area contributed by atoms with E-state index >= 15 is 0 Å². The molecule has 1 aliphatic heterocycles. The van der Waals surface area contributed by atoms with Crippen LogP contribution in [0, 0.1) is 0 Å². The topological polar surface area (TPSA) is 29.3 Å². The summed E-state index contributed by atoms with van der Waals surface area (Å²) in [6, 6.07) is 4.69. The van der Waals surface area contributed by atoms with Crippen LogP contribution in [0.2, 0.25) is 0 Å². The van der Waals surface area contributed by atoms with E-state index in [0.717, 1.165) is 12.1 Å². The second kappa shape index (κ2) is 5.64. The first-order valence-electron chi connectivity index (χ1n) is 7.03. The molecule has 5 heteroatoms. The molecule has 1 aliphatic rings. The Morgan fingerprint density at radius 3 is 2.60 bits per heavy atom. The second-order valence-corrected chi connectivity index (χ2v) is 5.61. The molecule has 0 aromatic heterocycles. The van der Waals surface area contributed by atoms with Gasteiger partial charge in [0.25, 0.3) is 0 Å². The maximum absolute atomic E-state index is 13.2. The number of nitrogens with two attached hydrogens (primary N) is 1. The maximum Gasteiger partial charge on any atom is 0.416 e. The highest BCUT2D eigenvalue weighted by Gasteiger charge is 2.40. The van der Waals surface area contributed by atoms with Gasteiger partial charge in [-0.3, -0.25) is 0 Å². The Hall–Kier alpha value is -1.23. The smallest absolute Gasteiger partial charge is 0.368 e. The van der Waals surface area contributed by atoms with Gasteiger partial charge >= 0.3 is 6.18 Å². The van der Waals surface area contributed by atoms with E-state index in [1.54, 1.807) is 6.07 Å². The lowest BCUT2D eigenvalue weighted by atomic mass is 9.92. The fourth-order valence-electron chi connectivity index (χ4n) is 3.00. The van der Waals surface area contributed by atoms with Crippen molar-refractivity contribution in [1.82, 2.24) is 0 Å². The van der Waals surface area contributed by atoms with Crippen molar-refractivity contribution in [2.75, 3.05) is 18.0 Å². The van der Waals surface area contributed by atoms with Gasteiger partial charge in [-0.2, -0.15) is 13.2 Å². The van der Waals surface area contributed by atoms with Gasteiger partial charge in [0.1, 0.15) is 0 Å². The molecule has 2 rings (SSSR count). The van der Waals surface area contributed by atoms with E-state index in [2.05, 4.69) is 4.90 Å². The molecule has 0 radical (unpaired) electrons. The first kappa shape index (κ1) is 15.2.